The van der Waals surface area contributed by atoms with E-state index in [1.807, 2.05) is 0 Å². The lowest BCUT2D eigenvalue weighted by atomic mass is 9.98. The minimum atomic E-state index is -0.833. The lowest BCUT2D eigenvalue weighted by molar-refractivity contribution is -0.143. The van der Waals surface area contributed by atoms with E-state index in [2.05, 4.69) is 0 Å². The van der Waals surface area contributed by atoms with Crippen LogP contribution in [0.4, 0.5) is 4.39 Å². The summed E-state index contributed by atoms with van der Waals surface area (Å²) in [5.41, 5.74) is 0. The third-order valence-corrected chi connectivity index (χ3v) is 2.17. The van der Waals surface area contributed by atoms with Gasteiger partial charge in [-0.3, -0.25) is 9.18 Å². The molecule has 0 saturated heterocycles. The number of aliphatic carboxylic acids is 1. The number of hydrogen-bond acceptors (Lipinski definition) is 1. The molecule has 1 aliphatic carbocycles. The first-order chi connectivity index (χ1) is 4.75. The molecule has 1 N–H and O–H groups in total. The quantitative estimate of drug-likeness (QED) is 0.640. The number of alkyl halides is 1. The molecule has 0 bridgehead atoms. The Morgan fingerprint density at radius 1 is 1.60 bits per heavy atom. The van der Waals surface area contributed by atoms with E-state index in [0.29, 0.717) is 6.42 Å². The van der Waals surface area contributed by atoms with Gasteiger partial charge >= 0.3 is 5.97 Å². The van der Waals surface area contributed by atoms with Gasteiger partial charge in [-0.25, -0.2) is 0 Å². The molecule has 0 aromatic carbocycles. The van der Waals surface area contributed by atoms with E-state index >= 15 is 0 Å². The van der Waals surface area contributed by atoms with Crippen molar-refractivity contribution >= 4 is 5.97 Å². The molecule has 58 valence electrons. The fraction of sp³-hybridized carbons (Fsp3) is 0.857. The van der Waals surface area contributed by atoms with Crippen LogP contribution in [0.1, 0.15) is 19.3 Å². The monoisotopic (exact) mass is 146 g/mol. The van der Waals surface area contributed by atoms with Crippen molar-refractivity contribution in [3.63, 3.8) is 0 Å². The molecule has 0 aliphatic heterocycles. The molecule has 0 spiro atoms. The van der Waals surface area contributed by atoms with Crippen molar-refractivity contribution in [1.82, 2.24) is 0 Å². The summed E-state index contributed by atoms with van der Waals surface area (Å²) in [6, 6.07) is 0. The molecule has 1 rings (SSSR count). The molecular weight excluding hydrogens is 135 g/mol. The average Bonchev–Trinajstić information content (AvgIpc) is 2.33. The van der Waals surface area contributed by atoms with Gasteiger partial charge < -0.3 is 5.11 Å². The minimum Gasteiger partial charge on any atom is -0.481 e. The van der Waals surface area contributed by atoms with Gasteiger partial charge in [0.2, 0.25) is 0 Å². The molecule has 2 atom stereocenters. The first-order valence-electron chi connectivity index (χ1n) is 3.54. The smallest absolute Gasteiger partial charge is 0.306 e. The van der Waals surface area contributed by atoms with Crippen LogP contribution < -0.4 is 0 Å². The fourth-order valence-corrected chi connectivity index (χ4v) is 1.55. The highest BCUT2D eigenvalue weighted by Crippen LogP contribution is 2.31. The Balaban J connectivity index is 2.50. The normalized spacial score (nSPS) is 32.5. The zero-order valence-corrected chi connectivity index (χ0v) is 5.72. The van der Waals surface area contributed by atoms with E-state index in [9.17, 15) is 9.18 Å². The molecule has 10 heavy (non-hydrogen) atoms. The van der Waals surface area contributed by atoms with E-state index in [1.54, 1.807) is 0 Å². The highest BCUT2D eigenvalue weighted by Gasteiger charge is 2.32. The minimum absolute atomic E-state index is 0.211. The Morgan fingerprint density at radius 2 is 2.30 bits per heavy atom. The Kier molecular flexibility index (Phi) is 2.25. The van der Waals surface area contributed by atoms with Crippen molar-refractivity contribution in [2.24, 2.45) is 11.8 Å². The zero-order chi connectivity index (χ0) is 7.56. The maximum atomic E-state index is 12.0. The number of carboxylic acid groups (broad SMARTS) is 1. The lowest BCUT2D eigenvalue weighted by Gasteiger charge is -2.09. The highest BCUT2D eigenvalue weighted by molar-refractivity contribution is 5.70. The third kappa shape index (κ3) is 1.28. The standard InChI is InChI=1S/C7H11FO2/c8-4-5-2-1-3-6(5)7(9)10/h5-6H,1-4H2,(H,9,10)/t5-,6-/m1/s1. The third-order valence-electron chi connectivity index (χ3n) is 2.17. The van der Waals surface area contributed by atoms with Crippen LogP contribution in [0, 0.1) is 11.8 Å². The van der Waals surface area contributed by atoms with Crippen molar-refractivity contribution < 1.29 is 14.3 Å². The molecule has 0 radical (unpaired) electrons. The summed E-state index contributed by atoms with van der Waals surface area (Å²) in [7, 11) is 0. The van der Waals surface area contributed by atoms with Crippen LogP contribution >= 0.6 is 0 Å². The molecule has 2 nitrogen and oxygen atoms in total. The van der Waals surface area contributed by atoms with Gasteiger partial charge in [-0.05, 0) is 12.8 Å². The molecule has 1 aliphatic rings. The topological polar surface area (TPSA) is 37.3 Å². The number of rotatable bonds is 2. The summed E-state index contributed by atoms with van der Waals surface area (Å²) in [6.45, 7) is -0.475. The van der Waals surface area contributed by atoms with Gasteiger partial charge in [0.05, 0.1) is 12.6 Å². The molecule has 1 fully saturated rings. The van der Waals surface area contributed by atoms with Crippen LogP contribution in [-0.2, 0) is 4.79 Å². The van der Waals surface area contributed by atoms with E-state index in [-0.39, 0.29) is 5.92 Å². The van der Waals surface area contributed by atoms with Crippen LogP contribution in [0.2, 0.25) is 0 Å². The van der Waals surface area contributed by atoms with E-state index in [1.165, 1.54) is 0 Å². The summed E-state index contributed by atoms with van der Waals surface area (Å²) in [6.07, 6.45) is 2.27. The maximum Gasteiger partial charge on any atom is 0.306 e. The Hall–Kier alpha value is -0.600. The number of carboxylic acids is 1. The van der Waals surface area contributed by atoms with Crippen molar-refractivity contribution in [3.8, 4) is 0 Å². The van der Waals surface area contributed by atoms with Gasteiger partial charge in [-0.15, -0.1) is 0 Å². The summed E-state index contributed by atoms with van der Waals surface area (Å²) in [4.78, 5) is 10.4. The Bertz CT molecular complexity index is 136. The number of carbonyl (C=O) groups is 1. The average molecular weight is 146 g/mol. The van der Waals surface area contributed by atoms with Crippen LogP contribution in [0.15, 0.2) is 0 Å². The van der Waals surface area contributed by atoms with Gasteiger partial charge in [-0.2, -0.15) is 0 Å². The van der Waals surface area contributed by atoms with E-state index in [0.717, 1.165) is 12.8 Å². The first-order valence-corrected chi connectivity index (χ1v) is 3.54. The summed E-state index contributed by atoms with van der Waals surface area (Å²) < 4.78 is 12.0. The highest BCUT2D eigenvalue weighted by atomic mass is 19.1. The van der Waals surface area contributed by atoms with Crippen molar-refractivity contribution in [2.45, 2.75) is 19.3 Å². The maximum absolute atomic E-state index is 12.0. The van der Waals surface area contributed by atoms with Gasteiger partial charge in [-0.1, -0.05) is 6.42 Å². The molecule has 0 aromatic rings. The largest absolute Gasteiger partial charge is 0.481 e. The molecule has 0 heterocycles. The molecule has 0 unspecified atom stereocenters. The van der Waals surface area contributed by atoms with Gasteiger partial charge in [0.25, 0.3) is 0 Å². The Morgan fingerprint density at radius 3 is 2.70 bits per heavy atom. The summed E-state index contributed by atoms with van der Waals surface area (Å²) >= 11 is 0. The Labute approximate surface area is 59.0 Å². The lowest BCUT2D eigenvalue weighted by Crippen LogP contribution is -2.19. The SMILES string of the molecule is O=C(O)[C@@H]1CCC[C@@H]1CF. The second-order valence-electron chi connectivity index (χ2n) is 2.79. The number of hydrogen-bond donors (Lipinski definition) is 1. The molecule has 3 heteroatoms. The van der Waals surface area contributed by atoms with E-state index < -0.39 is 18.6 Å². The van der Waals surface area contributed by atoms with Gasteiger partial charge in [0.1, 0.15) is 0 Å². The summed E-state index contributed by atoms with van der Waals surface area (Å²) in [5.74, 6) is -1.46. The number of halogens is 1. The molecule has 0 aromatic heterocycles. The summed E-state index contributed by atoms with van der Waals surface area (Å²) in [5, 5.41) is 8.55. The van der Waals surface area contributed by atoms with Crippen LogP contribution in [0.25, 0.3) is 0 Å². The first kappa shape index (κ1) is 7.51. The van der Waals surface area contributed by atoms with Crippen LogP contribution in [0.3, 0.4) is 0 Å². The second-order valence-corrected chi connectivity index (χ2v) is 2.79. The van der Waals surface area contributed by atoms with Gasteiger partial charge in [0, 0.05) is 5.92 Å². The fourth-order valence-electron chi connectivity index (χ4n) is 1.55. The van der Waals surface area contributed by atoms with Crippen LogP contribution in [-0.4, -0.2) is 17.8 Å². The second kappa shape index (κ2) is 2.99. The van der Waals surface area contributed by atoms with E-state index in [4.69, 9.17) is 5.11 Å². The van der Waals surface area contributed by atoms with Crippen molar-refractivity contribution in [2.75, 3.05) is 6.67 Å². The van der Waals surface area contributed by atoms with Crippen molar-refractivity contribution in [1.29, 1.82) is 0 Å². The van der Waals surface area contributed by atoms with Crippen LogP contribution in [0.5, 0.6) is 0 Å². The predicted octanol–water partition coefficient (Wildman–Crippen LogP) is 1.46. The molecular formula is C7H11FO2. The predicted molar refractivity (Wildman–Crippen MR) is 34.4 cm³/mol. The molecule has 1 saturated carbocycles. The molecule has 0 amide bonds. The van der Waals surface area contributed by atoms with Gasteiger partial charge in [0.15, 0.2) is 0 Å². The zero-order valence-electron chi connectivity index (χ0n) is 5.72. The van der Waals surface area contributed by atoms with Crippen molar-refractivity contribution in [3.05, 3.63) is 0 Å².